The second kappa shape index (κ2) is 6.15. The molecule has 1 heterocycles. The normalized spacial score (nSPS) is 12.2. The van der Waals surface area contributed by atoms with E-state index >= 15 is 0 Å². The SMILES string of the molecule is Cc1cc(C)cc(NC(=O)Cc2csc(C(C)N)n2)c1. The molecule has 20 heavy (non-hydrogen) atoms. The molecule has 0 bridgehead atoms. The van der Waals surface area contributed by atoms with Crippen molar-refractivity contribution in [1.29, 1.82) is 0 Å². The second-order valence-electron chi connectivity index (χ2n) is 5.07. The number of amides is 1. The Morgan fingerprint density at radius 1 is 1.35 bits per heavy atom. The lowest BCUT2D eigenvalue weighted by Gasteiger charge is -2.06. The van der Waals surface area contributed by atoms with Crippen LogP contribution in [-0.4, -0.2) is 10.9 Å². The molecule has 1 atom stereocenters. The third kappa shape index (κ3) is 3.88. The van der Waals surface area contributed by atoms with Crippen LogP contribution in [0.25, 0.3) is 0 Å². The Kier molecular flexibility index (Phi) is 4.52. The molecule has 2 aromatic rings. The number of carbonyl (C=O) groups is 1. The number of thiazole rings is 1. The molecular weight excluding hydrogens is 270 g/mol. The predicted octanol–water partition coefficient (Wildman–Crippen LogP) is 2.96. The fourth-order valence-corrected chi connectivity index (χ4v) is 2.81. The molecule has 0 fully saturated rings. The Bertz CT molecular complexity index is 599. The number of aryl methyl sites for hydroxylation is 2. The molecule has 5 heteroatoms. The van der Waals surface area contributed by atoms with Crippen LogP contribution in [0.5, 0.6) is 0 Å². The number of hydrogen-bond acceptors (Lipinski definition) is 4. The van der Waals surface area contributed by atoms with Gasteiger partial charge in [0.25, 0.3) is 0 Å². The van der Waals surface area contributed by atoms with Crippen molar-refractivity contribution in [3.8, 4) is 0 Å². The number of rotatable bonds is 4. The first-order chi connectivity index (χ1) is 9.44. The summed E-state index contributed by atoms with van der Waals surface area (Å²) in [4.78, 5) is 16.4. The standard InChI is InChI=1S/C15H19N3OS/c1-9-4-10(2)6-12(5-9)17-14(19)7-13-8-20-15(18-13)11(3)16/h4-6,8,11H,7,16H2,1-3H3,(H,17,19). The number of benzene rings is 1. The maximum absolute atomic E-state index is 12.0. The number of nitrogens with zero attached hydrogens (tertiary/aromatic N) is 1. The van der Waals surface area contributed by atoms with E-state index < -0.39 is 0 Å². The van der Waals surface area contributed by atoms with Gasteiger partial charge in [0, 0.05) is 11.1 Å². The summed E-state index contributed by atoms with van der Waals surface area (Å²) in [6, 6.07) is 5.90. The maximum atomic E-state index is 12.0. The van der Waals surface area contributed by atoms with Gasteiger partial charge in [0.2, 0.25) is 5.91 Å². The van der Waals surface area contributed by atoms with Gasteiger partial charge in [0.15, 0.2) is 0 Å². The summed E-state index contributed by atoms with van der Waals surface area (Å²) in [6.45, 7) is 5.91. The van der Waals surface area contributed by atoms with Crippen LogP contribution in [-0.2, 0) is 11.2 Å². The molecule has 4 nitrogen and oxygen atoms in total. The highest BCUT2D eigenvalue weighted by molar-refractivity contribution is 7.09. The molecule has 0 aliphatic carbocycles. The van der Waals surface area contributed by atoms with Crippen LogP contribution in [0.2, 0.25) is 0 Å². The summed E-state index contributed by atoms with van der Waals surface area (Å²) in [7, 11) is 0. The number of aromatic nitrogens is 1. The first-order valence-corrected chi connectivity index (χ1v) is 7.40. The van der Waals surface area contributed by atoms with E-state index in [4.69, 9.17) is 5.73 Å². The van der Waals surface area contributed by atoms with Gasteiger partial charge in [-0.1, -0.05) is 6.07 Å². The van der Waals surface area contributed by atoms with Gasteiger partial charge in [-0.3, -0.25) is 4.79 Å². The molecule has 0 spiro atoms. The Morgan fingerprint density at radius 2 is 2.00 bits per heavy atom. The van der Waals surface area contributed by atoms with Crippen LogP contribution in [0.3, 0.4) is 0 Å². The lowest BCUT2D eigenvalue weighted by molar-refractivity contribution is -0.115. The fourth-order valence-electron chi connectivity index (χ4n) is 2.03. The Hall–Kier alpha value is -1.72. The monoisotopic (exact) mass is 289 g/mol. The van der Waals surface area contributed by atoms with E-state index in [1.54, 1.807) is 0 Å². The largest absolute Gasteiger partial charge is 0.326 e. The van der Waals surface area contributed by atoms with Crippen LogP contribution in [0.4, 0.5) is 5.69 Å². The van der Waals surface area contributed by atoms with E-state index in [1.807, 2.05) is 38.3 Å². The second-order valence-corrected chi connectivity index (χ2v) is 5.96. The summed E-state index contributed by atoms with van der Waals surface area (Å²) in [5.41, 5.74) is 9.62. The number of anilines is 1. The van der Waals surface area contributed by atoms with Crippen LogP contribution < -0.4 is 11.1 Å². The van der Waals surface area contributed by atoms with E-state index in [9.17, 15) is 4.79 Å². The van der Waals surface area contributed by atoms with Gasteiger partial charge in [0.1, 0.15) is 5.01 Å². The maximum Gasteiger partial charge on any atom is 0.230 e. The Labute approximate surface area is 123 Å². The lowest BCUT2D eigenvalue weighted by Crippen LogP contribution is -2.15. The third-order valence-corrected chi connectivity index (χ3v) is 3.90. The van der Waals surface area contributed by atoms with Gasteiger partial charge in [-0.25, -0.2) is 4.98 Å². The molecule has 0 saturated carbocycles. The van der Waals surface area contributed by atoms with E-state index in [0.717, 1.165) is 27.5 Å². The molecule has 0 aliphatic heterocycles. The van der Waals surface area contributed by atoms with Crippen molar-refractivity contribution in [3.63, 3.8) is 0 Å². The van der Waals surface area contributed by atoms with Crippen LogP contribution in [0.1, 0.15) is 34.8 Å². The van der Waals surface area contributed by atoms with Crippen molar-refractivity contribution in [2.45, 2.75) is 33.2 Å². The van der Waals surface area contributed by atoms with E-state index in [-0.39, 0.29) is 18.4 Å². The summed E-state index contributed by atoms with van der Waals surface area (Å²) in [6.07, 6.45) is 0.274. The zero-order valence-corrected chi connectivity index (χ0v) is 12.8. The summed E-state index contributed by atoms with van der Waals surface area (Å²) < 4.78 is 0. The average molecular weight is 289 g/mol. The highest BCUT2D eigenvalue weighted by Crippen LogP contribution is 2.17. The molecule has 2 rings (SSSR count). The highest BCUT2D eigenvalue weighted by Gasteiger charge is 2.10. The lowest BCUT2D eigenvalue weighted by atomic mass is 10.1. The minimum atomic E-state index is -0.0868. The number of carbonyl (C=O) groups excluding carboxylic acids is 1. The van der Waals surface area contributed by atoms with Crippen molar-refractivity contribution in [2.75, 3.05) is 5.32 Å². The first kappa shape index (κ1) is 14.7. The van der Waals surface area contributed by atoms with Crippen LogP contribution in [0, 0.1) is 13.8 Å². The van der Waals surface area contributed by atoms with Gasteiger partial charge in [-0.2, -0.15) is 0 Å². The molecular formula is C15H19N3OS. The number of hydrogen-bond donors (Lipinski definition) is 2. The van der Waals surface area contributed by atoms with Crippen molar-refractivity contribution in [1.82, 2.24) is 4.98 Å². The smallest absolute Gasteiger partial charge is 0.230 e. The molecule has 106 valence electrons. The van der Waals surface area contributed by atoms with Crippen molar-refractivity contribution < 1.29 is 4.79 Å². The molecule has 3 N–H and O–H groups in total. The van der Waals surface area contributed by atoms with Crippen LogP contribution >= 0.6 is 11.3 Å². The average Bonchev–Trinajstić information content (AvgIpc) is 2.75. The summed E-state index contributed by atoms with van der Waals surface area (Å²) in [5, 5.41) is 5.65. The molecule has 0 saturated heterocycles. The molecule has 0 aliphatic rings. The van der Waals surface area contributed by atoms with E-state index in [0.29, 0.717) is 0 Å². The van der Waals surface area contributed by atoms with Gasteiger partial charge in [-0.05, 0) is 44.0 Å². The molecule has 0 radical (unpaired) electrons. The van der Waals surface area contributed by atoms with Gasteiger partial charge >= 0.3 is 0 Å². The Balaban J connectivity index is 2.01. The van der Waals surface area contributed by atoms with Gasteiger partial charge < -0.3 is 11.1 Å². The van der Waals surface area contributed by atoms with Crippen molar-refractivity contribution in [3.05, 3.63) is 45.4 Å². The minimum Gasteiger partial charge on any atom is -0.326 e. The zero-order chi connectivity index (χ0) is 14.7. The highest BCUT2D eigenvalue weighted by atomic mass is 32.1. The predicted molar refractivity (Wildman–Crippen MR) is 83.0 cm³/mol. The third-order valence-electron chi connectivity index (χ3n) is 2.81. The quantitative estimate of drug-likeness (QED) is 0.909. The van der Waals surface area contributed by atoms with E-state index in [2.05, 4.69) is 16.4 Å². The fraction of sp³-hybridized carbons (Fsp3) is 0.333. The summed E-state index contributed by atoms with van der Waals surface area (Å²) in [5.74, 6) is -0.0588. The van der Waals surface area contributed by atoms with Gasteiger partial charge in [-0.15, -0.1) is 11.3 Å². The number of nitrogens with two attached hydrogens (primary N) is 1. The molecule has 1 aromatic carbocycles. The van der Waals surface area contributed by atoms with Crippen molar-refractivity contribution in [2.24, 2.45) is 5.73 Å². The topological polar surface area (TPSA) is 68.0 Å². The minimum absolute atomic E-state index is 0.0588. The zero-order valence-electron chi connectivity index (χ0n) is 11.9. The summed E-state index contributed by atoms with van der Waals surface area (Å²) >= 11 is 1.49. The Morgan fingerprint density at radius 3 is 2.55 bits per heavy atom. The van der Waals surface area contributed by atoms with Crippen molar-refractivity contribution >= 4 is 22.9 Å². The molecule has 1 amide bonds. The first-order valence-electron chi connectivity index (χ1n) is 6.52. The van der Waals surface area contributed by atoms with E-state index in [1.165, 1.54) is 11.3 Å². The molecule has 1 unspecified atom stereocenters. The molecule has 1 aromatic heterocycles. The number of nitrogens with one attached hydrogen (secondary N) is 1. The van der Waals surface area contributed by atoms with Gasteiger partial charge in [0.05, 0.1) is 18.2 Å². The van der Waals surface area contributed by atoms with Crippen LogP contribution in [0.15, 0.2) is 23.6 Å².